The second kappa shape index (κ2) is 5.34. The number of rotatable bonds is 4. The molecule has 0 saturated carbocycles. The van der Waals surface area contributed by atoms with Crippen LogP contribution >= 0.6 is 0 Å². The Labute approximate surface area is 99.1 Å². The van der Waals surface area contributed by atoms with Crippen LogP contribution in [0.1, 0.15) is 17.0 Å². The van der Waals surface area contributed by atoms with Gasteiger partial charge >= 0.3 is 0 Å². The Hall–Kier alpha value is -2.03. The average molecular weight is 229 g/mol. The van der Waals surface area contributed by atoms with Crippen molar-refractivity contribution in [1.82, 2.24) is 4.98 Å². The lowest BCUT2D eigenvalue weighted by molar-refractivity contribution is -0.109. The molecule has 2 aromatic rings. The fraction of sp³-hybridized carbons (Fsp3) is 0.143. The molecule has 3 heteroatoms. The van der Waals surface area contributed by atoms with Gasteiger partial charge in [0, 0.05) is 18.3 Å². The van der Waals surface area contributed by atoms with Crippen LogP contribution < -0.4 is 0 Å². The topological polar surface area (TPSA) is 30.0 Å². The third kappa shape index (κ3) is 2.75. The van der Waals surface area contributed by atoms with Gasteiger partial charge in [0.15, 0.2) is 0 Å². The number of carbonyl (C=O) groups is 1. The molecule has 86 valence electrons. The lowest BCUT2D eigenvalue weighted by Gasteiger charge is -2.11. The number of pyridine rings is 1. The molecular formula is C14H12FNO. The number of carbonyl (C=O) groups excluding carboxylic acids is 1. The van der Waals surface area contributed by atoms with E-state index in [1.807, 2.05) is 6.07 Å². The number of benzene rings is 1. The molecule has 0 N–H and O–H groups in total. The lowest BCUT2D eigenvalue weighted by Crippen LogP contribution is -2.06. The van der Waals surface area contributed by atoms with E-state index in [0.29, 0.717) is 12.0 Å². The van der Waals surface area contributed by atoms with Crippen LogP contribution in [0.4, 0.5) is 4.39 Å². The fourth-order valence-corrected chi connectivity index (χ4v) is 1.78. The zero-order valence-electron chi connectivity index (χ0n) is 9.21. The molecule has 0 spiro atoms. The first-order valence-electron chi connectivity index (χ1n) is 5.40. The molecule has 0 bridgehead atoms. The first-order valence-corrected chi connectivity index (χ1v) is 5.40. The molecule has 0 amide bonds. The highest BCUT2D eigenvalue weighted by Gasteiger charge is 2.15. The molecule has 0 aliphatic heterocycles. The van der Waals surface area contributed by atoms with Crippen molar-refractivity contribution < 1.29 is 9.18 Å². The predicted octanol–water partition coefficient (Wildman–Crippen LogP) is 2.75. The average Bonchev–Trinajstić information content (AvgIpc) is 2.38. The Morgan fingerprint density at radius 2 is 2.06 bits per heavy atom. The van der Waals surface area contributed by atoms with E-state index in [9.17, 15) is 9.18 Å². The molecule has 1 unspecified atom stereocenters. The molecule has 0 aliphatic rings. The molecule has 0 radical (unpaired) electrons. The number of aldehydes is 1. The van der Waals surface area contributed by atoms with Crippen molar-refractivity contribution in [2.75, 3.05) is 0 Å². The quantitative estimate of drug-likeness (QED) is 0.754. The van der Waals surface area contributed by atoms with Gasteiger partial charge in [0.25, 0.3) is 0 Å². The van der Waals surface area contributed by atoms with Crippen molar-refractivity contribution in [3.63, 3.8) is 0 Å². The Kier molecular flexibility index (Phi) is 3.60. The molecule has 1 heterocycles. The van der Waals surface area contributed by atoms with Gasteiger partial charge in [-0.3, -0.25) is 4.98 Å². The van der Waals surface area contributed by atoms with Crippen molar-refractivity contribution in [1.29, 1.82) is 0 Å². The van der Waals surface area contributed by atoms with Gasteiger partial charge in [0.2, 0.25) is 0 Å². The number of aromatic nitrogens is 1. The van der Waals surface area contributed by atoms with Gasteiger partial charge in [0.1, 0.15) is 12.1 Å². The summed E-state index contributed by atoms with van der Waals surface area (Å²) >= 11 is 0. The van der Waals surface area contributed by atoms with Gasteiger partial charge in [-0.05, 0) is 29.7 Å². The second-order valence-electron chi connectivity index (χ2n) is 3.83. The minimum absolute atomic E-state index is 0.339. The molecule has 1 aromatic carbocycles. The van der Waals surface area contributed by atoms with Crippen LogP contribution in [0.2, 0.25) is 0 Å². The van der Waals surface area contributed by atoms with E-state index < -0.39 is 5.92 Å². The maximum absolute atomic E-state index is 13.6. The van der Waals surface area contributed by atoms with E-state index in [2.05, 4.69) is 4.98 Å². The molecular weight excluding hydrogens is 217 g/mol. The summed E-state index contributed by atoms with van der Waals surface area (Å²) in [5.41, 5.74) is 1.36. The second-order valence-corrected chi connectivity index (χ2v) is 3.83. The van der Waals surface area contributed by atoms with Crippen LogP contribution in [-0.4, -0.2) is 11.3 Å². The molecule has 0 fully saturated rings. The summed E-state index contributed by atoms with van der Waals surface area (Å²) in [5, 5.41) is 0. The first-order chi connectivity index (χ1) is 8.31. The minimum Gasteiger partial charge on any atom is -0.303 e. The van der Waals surface area contributed by atoms with E-state index in [-0.39, 0.29) is 5.82 Å². The van der Waals surface area contributed by atoms with E-state index >= 15 is 0 Å². The maximum atomic E-state index is 13.6. The highest BCUT2D eigenvalue weighted by atomic mass is 19.1. The highest BCUT2D eigenvalue weighted by molar-refractivity contribution is 5.63. The van der Waals surface area contributed by atoms with Crippen LogP contribution in [0.5, 0.6) is 0 Å². The Balaban J connectivity index is 2.24. The van der Waals surface area contributed by atoms with Gasteiger partial charge in [-0.1, -0.05) is 24.3 Å². The zero-order valence-corrected chi connectivity index (χ0v) is 9.21. The van der Waals surface area contributed by atoms with Gasteiger partial charge in [0.05, 0.1) is 0 Å². The maximum Gasteiger partial charge on any atom is 0.127 e. The Bertz CT molecular complexity index is 499. The summed E-state index contributed by atoms with van der Waals surface area (Å²) < 4.78 is 13.6. The van der Waals surface area contributed by atoms with Crippen LogP contribution in [0.25, 0.3) is 0 Å². The molecule has 1 aromatic heterocycles. The van der Waals surface area contributed by atoms with Crippen LogP contribution in [0, 0.1) is 5.82 Å². The van der Waals surface area contributed by atoms with E-state index in [0.717, 1.165) is 11.8 Å². The third-order valence-corrected chi connectivity index (χ3v) is 2.65. The molecule has 2 nitrogen and oxygen atoms in total. The molecule has 17 heavy (non-hydrogen) atoms. The third-order valence-electron chi connectivity index (χ3n) is 2.65. The van der Waals surface area contributed by atoms with Crippen molar-refractivity contribution in [3.8, 4) is 0 Å². The van der Waals surface area contributed by atoms with Gasteiger partial charge in [-0.15, -0.1) is 0 Å². The number of hydrogen-bond acceptors (Lipinski definition) is 2. The largest absolute Gasteiger partial charge is 0.303 e. The van der Waals surface area contributed by atoms with Crippen LogP contribution in [0.3, 0.4) is 0 Å². The fourth-order valence-electron chi connectivity index (χ4n) is 1.78. The number of hydrogen-bond donors (Lipinski definition) is 0. The summed E-state index contributed by atoms with van der Waals surface area (Å²) in [5.74, 6) is -0.797. The van der Waals surface area contributed by atoms with Crippen molar-refractivity contribution in [2.24, 2.45) is 0 Å². The number of nitrogens with zero attached hydrogens (tertiary/aromatic N) is 1. The first kappa shape index (κ1) is 11.5. The summed E-state index contributed by atoms with van der Waals surface area (Å²) in [6.07, 6.45) is 4.61. The van der Waals surface area contributed by atoms with Gasteiger partial charge in [-0.25, -0.2) is 4.39 Å². The molecule has 2 rings (SSSR count). The van der Waals surface area contributed by atoms with Crippen LogP contribution in [-0.2, 0) is 11.2 Å². The Morgan fingerprint density at radius 3 is 2.71 bits per heavy atom. The Morgan fingerprint density at radius 1 is 1.24 bits per heavy atom. The van der Waals surface area contributed by atoms with Gasteiger partial charge < -0.3 is 4.79 Å². The summed E-state index contributed by atoms with van der Waals surface area (Å²) in [4.78, 5) is 15.1. The monoisotopic (exact) mass is 229 g/mol. The van der Waals surface area contributed by atoms with Crippen molar-refractivity contribution in [2.45, 2.75) is 12.3 Å². The zero-order chi connectivity index (χ0) is 12.1. The lowest BCUT2D eigenvalue weighted by atomic mass is 9.93. The predicted molar refractivity (Wildman–Crippen MR) is 63.1 cm³/mol. The van der Waals surface area contributed by atoms with Crippen LogP contribution in [0.15, 0.2) is 48.8 Å². The molecule has 0 saturated heterocycles. The van der Waals surface area contributed by atoms with Crippen molar-refractivity contribution >= 4 is 6.29 Å². The molecule has 0 aliphatic carbocycles. The number of halogens is 1. The standard InChI is InChI=1S/C14H12FNO/c15-14-6-2-1-5-13(14)12(10-17)8-11-4-3-7-16-9-11/h1-7,9-10,12H,8H2. The summed E-state index contributed by atoms with van der Waals surface area (Å²) in [6, 6.07) is 10.0. The highest BCUT2D eigenvalue weighted by Crippen LogP contribution is 2.21. The van der Waals surface area contributed by atoms with Crippen molar-refractivity contribution in [3.05, 3.63) is 65.7 Å². The van der Waals surface area contributed by atoms with E-state index in [1.165, 1.54) is 6.07 Å². The van der Waals surface area contributed by atoms with Gasteiger partial charge in [-0.2, -0.15) is 0 Å². The SMILES string of the molecule is O=CC(Cc1cccnc1)c1ccccc1F. The smallest absolute Gasteiger partial charge is 0.127 e. The van der Waals surface area contributed by atoms with E-state index in [1.54, 1.807) is 36.7 Å². The van der Waals surface area contributed by atoms with E-state index in [4.69, 9.17) is 0 Å². The summed E-state index contributed by atoms with van der Waals surface area (Å²) in [7, 11) is 0. The normalized spacial score (nSPS) is 12.1. The minimum atomic E-state index is -0.458. The summed E-state index contributed by atoms with van der Waals surface area (Å²) in [6.45, 7) is 0. The molecule has 1 atom stereocenters.